The highest BCUT2D eigenvalue weighted by molar-refractivity contribution is 7.92. The van der Waals surface area contributed by atoms with Gasteiger partial charge >= 0.3 is 0 Å². The molecule has 4 aromatic rings. The Hall–Kier alpha value is -3.63. The molecule has 0 saturated heterocycles. The number of benzene rings is 2. The maximum absolute atomic E-state index is 12.3. The average Bonchev–Trinajstić information content (AvgIpc) is 3.29. The van der Waals surface area contributed by atoms with Crippen LogP contribution in [0.2, 0.25) is 0 Å². The molecule has 0 aliphatic heterocycles. The summed E-state index contributed by atoms with van der Waals surface area (Å²) in [6, 6.07) is 13.5. The first-order valence-corrected chi connectivity index (χ1v) is 11.3. The van der Waals surface area contributed by atoms with Crippen LogP contribution in [0.3, 0.4) is 0 Å². The van der Waals surface area contributed by atoms with Gasteiger partial charge in [0.15, 0.2) is 21.3 Å². The van der Waals surface area contributed by atoms with E-state index < -0.39 is 15.1 Å². The Labute approximate surface area is 189 Å². The maximum Gasteiger partial charge on any atom is 0.270 e. The Morgan fingerprint density at radius 1 is 1.00 bits per heavy atom. The van der Waals surface area contributed by atoms with Gasteiger partial charge in [-0.15, -0.1) is 10.2 Å². The zero-order valence-corrected chi connectivity index (χ0v) is 18.2. The molecule has 2 aromatic heterocycles. The van der Waals surface area contributed by atoms with Crippen molar-refractivity contribution in [1.29, 1.82) is 0 Å². The summed E-state index contributed by atoms with van der Waals surface area (Å²) < 4.78 is 30.4. The molecule has 10 heteroatoms. The Bertz CT molecular complexity index is 1360. The normalized spacial score (nSPS) is 11.8. The second kappa shape index (κ2) is 8.48. The number of nitrogen functional groups attached to an aromatic ring is 1. The van der Waals surface area contributed by atoms with Crippen molar-refractivity contribution in [2.75, 3.05) is 5.73 Å². The standard InChI is InChI=1S/C22H21N5O4S.3H2/c1-13(2)32(29,30)17-9-7-15(8-10-17)18-11-24-20(23)19(25-18)22-27-26-21(31-22)16-5-3-14(12-28)4-6-16;;;/h3-11,13,28H,12H2,1-2H3,(H2,23,24);3*1H. The van der Waals surface area contributed by atoms with E-state index in [1.54, 1.807) is 62.4 Å². The number of nitrogens with zero attached hydrogens (tertiary/aromatic N) is 4. The summed E-state index contributed by atoms with van der Waals surface area (Å²) in [7, 11) is -3.37. The molecule has 0 unspecified atom stereocenters. The molecule has 0 spiro atoms. The van der Waals surface area contributed by atoms with E-state index in [1.807, 2.05) is 0 Å². The van der Waals surface area contributed by atoms with Gasteiger partial charge in [0, 0.05) is 15.4 Å². The lowest BCUT2D eigenvalue weighted by Gasteiger charge is -2.09. The molecule has 0 amide bonds. The fraction of sp³-hybridized carbons (Fsp3) is 0.182. The first-order valence-electron chi connectivity index (χ1n) is 9.80. The SMILES string of the molecule is CC(C)S(=O)(=O)c1ccc(-c2cnc(N)c(-c3nnc(-c4ccc(CO)cc4)o3)n2)cc1.[HH].[HH].[HH]. The fourth-order valence-corrected chi connectivity index (χ4v) is 4.03. The van der Waals surface area contributed by atoms with E-state index in [9.17, 15) is 13.5 Å². The van der Waals surface area contributed by atoms with Gasteiger partial charge in [-0.3, -0.25) is 0 Å². The number of aliphatic hydroxyl groups is 1. The van der Waals surface area contributed by atoms with Crippen molar-refractivity contribution < 1.29 is 22.2 Å². The summed E-state index contributed by atoms with van der Waals surface area (Å²) in [6.45, 7) is 3.22. The zero-order chi connectivity index (χ0) is 22.9. The molecule has 0 fully saturated rings. The molecule has 3 N–H and O–H groups in total. The number of nitrogens with two attached hydrogens (primary N) is 1. The number of aliphatic hydroxyl groups excluding tert-OH is 1. The Kier molecular flexibility index (Phi) is 5.72. The lowest BCUT2D eigenvalue weighted by molar-refractivity contribution is 0.282. The molecule has 0 saturated carbocycles. The van der Waals surface area contributed by atoms with Crippen LogP contribution in [0.4, 0.5) is 5.82 Å². The van der Waals surface area contributed by atoms with Crippen LogP contribution in [-0.4, -0.2) is 38.9 Å². The van der Waals surface area contributed by atoms with Crippen LogP contribution in [0, 0.1) is 0 Å². The number of hydrogen-bond donors (Lipinski definition) is 2. The number of hydrogen-bond acceptors (Lipinski definition) is 9. The van der Waals surface area contributed by atoms with E-state index in [2.05, 4.69) is 20.2 Å². The van der Waals surface area contributed by atoms with Gasteiger partial charge in [0.25, 0.3) is 5.89 Å². The van der Waals surface area contributed by atoms with Gasteiger partial charge in [0.1, 0.15) is 0 Å². The van der Waals surface area contributed by atoms with E-state index in [0.29, 0.717) is 16.8 Å². The minimum Gasteiger partial charge on any atom is -0.414 e. The Balaban J connectivity index is 0.00000204. The van der Waals surface area contributed by atoms with Gasteiger partial charge in [0.2, 0.25) is 5.89 Å². The molecule has 32 heavy (non-hydrogen) atoms. The van der Waals surface area contributed by atoms with Crippen LogP contribution in [0.15, 0.2) is 64.0 Å². The second-order valence-corrected chi connectivity index (χ2v) is 9.88. The first kappa shape index (κ1) is 21.6. The van der Waals surface area contributed by atoms with Crippen molar-refractivity contribution in [3.8, 4) is 34.3 Å². The van der Waals surface area contributed by atoms with Crippen molar-refractivity contribution in [1.82, 2.24) is 20.2 Å². The molecule has 0 aliphatic rings. The van der Waals surface area contributed by atoms with Gasteiger partial charge in [0.05, 0.1) is 28.6 Å². The Morgan fingerprint density at radius 3 is 2.25 bits per heavy atom. The van der Waals surface area contributed by atoms with Crippen molar-refractivity contribution in [2.45, 2.75) is 30.6 Å². The van der Waals surface area contributed by atoms with Crippen LogP contribution < -0.4 is 5.73 Å². The van der Waals surface area contributed by atoms with E-state index in [4.69, 9.17) is 10.2 Å². The molecule has 0 atom stereocenters. The van der Waals surface area contributed by atoms with E-state index in [0.717, 1.165) is 5.56 Å². The van der Waals surface area contributed by atoms with Gasteiger partial charge in [-0.25, -0.2) is 18.4 Å². The number of anilines is 1. The van der Waals surface area contributed by atoms with Gasteiger partial charge in [-0.1, -0.05) is 24.3 Å². The highest BCUT2D eigenvalue weighted by Gasteiger charge is 2.20. The topological polar surface area (TPSA) is 145 Å². The van der Waals surface area contributed by atoms with Crippen LogP contribution in [0.5, 0.6) is 0 Å². The number of sulfone groups is 1. The zero-order valence-electron chi connectivity index (χ0n) is 17.4. The molecule has 4 rings (SSSR count). The predicted octanol–water partition coefficient (Wildman–Crippen LogP) is 3.86. The van der Waals surface area contributed by atoms with Crippen molar-refractivity contribution in [2.24, 2.45) is 0 Å². The molecule has 0 bridgehead atoms. The average molecular weight is 458 g/mol. The molecule has 2 heterocycles. The molecule has 2 aromatic carbocycles. The van der Waals surface area contributed by atoms with Gasteiger partial charge in [-0.2, -0.15) is 0 Å². The molecule has 0 radical (unpaired) electrons. The Morgan fingerprint density at radius 2 is 1.62 bits per heavy atom. The predicted molar refractivity (Wildman–Crippen MR) is 125 cm³/mol. The molecular formula is C22H27N5O4S. The minimum atomic E-state index is -3.37. The monoisotopic (exact) mass is 457 g/mol. The lowest BCUT2D eigenvalue weighted by Crippen LogP contribution is -2.13. The third-order valence-corrected chi connectivity index (χ3v) is 7.08. The molecule has 0 aliphatic carbocycles. The fourth-order valence-electron chi connectivity index (χ4n) is 2.97. The maximum atomic E-state index is 12.3. The summed E-state index contributed by atoms with van der Waals surface area (Å²) >= 11 is 0. The quantitative estimate of drug-likeness (QED) is 0.441. The van der Waals surface area contributed by atoms with Crippen molar-refractivity contribution >= 4 is 15.7 Å². The van der Waals surface area contributed by atoms with Crippen LogP contribution in [-0.2, 0) is 16.4 Å². The minimum absolute atomic E-state index is 0. The van der Waals surface area contributed by atoms with Crippen molar-refractivity contribution in [3.05, 3.63) is 60.3 Å². The van der Waals surface area contributed by atoms with Crippen molar-refractivity contribution in [3.63, 3.8) is 0 Å². The third kappa shape index (κ3) is 4.10. The second-order valence-electron chi connectivity index (χ2n) is 7.37. The third-order valence-electron chi connectivity index (χ3n) is 4.91. The highest BCUT2D eigenvalue weighted by Crippen LogP contribution is 2.28. The van der Waals surface area contributed by atoms with Crippen LogP contribution >= 0.6 is 0 Å². The number of rotatable bonds is 6. The summed E-state index contributed by atoms with van der Waals surface area (Å²) in [6.07, 6.45) is 1.50. The van der Waals surface area contributed by atoms with Crippen LogP contribution in [0.25, 0.3) is 34.3 Å². The summed E-state index contributed by atoms with van der Waals surface area (Å²) in [5, 5.41) is 16.7. The molecule has 170 valence electrons. The smallest absolute Gasteiger partial charge is 0.270 e. The number of aromatic nitrogens is 4. The molecule has 9 nitrogen and oxygen atoms in total. The van der Waals surface area contributed by atoms with Gasteiger partial charge in [-0.05, 0) is 43.7 Å². The van der Waals surface area contributed by atoms with E-state index >= 15 is 0 Å². The highest BCUT2D eigenvalue weighted by atomic mass is 32.2. The van der Waals surface area contributed by atoms with Crippen LogP contribution in [0.1, 0.15) is 23.7 Å². The largest absolute Gasteiger partial charge is 0.414 e. The van der Waals surface area contributed by atoms with E-state index in [1.165, 1.54) is 6.20 Å². The van der Waals surface area contributed by atoms with Gasteiger partial charge < -0.3 is 15.3 Å². The summed E-state index contributed by atoms with van der Waals surface area (Å²) in [5.41, 5.74) is 8.82. The molecular weight excluding hydrogens is 430 g/mol. The lowest BCUT2D eigenvalue weighted by atomic mass is 10.1. The summed E-state index contributed by atoms with van der Waals surface area (Å²) in [4.78, 5) is 8.93. The first-order chi connectivity index (χ1) is 15.3. The summed E-state index contributed by atoms with van der Waals surface area (Å²) in [5.74, 6) is 0.509. The van der Waals surface area contributed by atoms with E-state index in [-0.39, 0.29) is 39.1 Å².